The van der Waals surface area contributed by atoms with E-state index in [1.807, 2.05) is 11.0 Å². The molecule has 0 unspecified atom stereocenters. The molecule has 1 aromatic carbocycles. The van der Waals surface area contributed by atoms with Gasteiger partial charge in [0.25, 0.3) is 0 Å². The first-order valence-electron chi connectivity index (χ1n) is 11.8. The Kier molecular flexibility index (Phi) is 8.40. The molecular formula is C23H31BN4O6S. The van der Waals surface area contributed by atoms with Crippen molar-refractivity contribution < 1.29 is 28.0 Å². The number of carbonyl (C=O) groups excluding carboxylic acids is 1. The lowest BCUT2D eigenvalue weighted by Crippen LogP contribution is -2.54. The summed E-state index contributed by atoms with van der Waals surface area (Å²) in [7, 11) is -5.81. The Labute approximate surface area is 205 Å². The van der Waals surface area contributed by atoms with Crippen molar-refractivity contribution in [3.63, 3.8) is 0 Å². The summed E-state index contributed by atoms with van der Waals surface area (Å²) in [6.45, 7) is 2.53. The van der Waals surface area contributed by atoms with Crippen molar-refractivity contribution in [3.05, 3.63) is 54.2 Å². The summed E-state index contributed by atoms with van der Waals surface area (Å²) in [4.78, 5) is 19.4. The number of anilines is 1. The Hall–Kier alpha value is -2.51. The van der Waals surface area contributed by atoms with E-state index in [0.29, 0.717) is 44.5 Å². The van der Waals surface area contributed by atoms with Crippen LogP contribution in [0.1, 0.15) is 24.8 Å². The van der Waals surface area contributed by atoms with Crippen molar-refractivity contribution in [2.45, 2.75) is 42.6 Å². The van der Waals surface area contributed by atoms with E-state index in [-0.39, 0.29) is 11.3 Å². The van der Waals surface area contributed by atoms with Crippen LogP contribution in [0.3, 0.4) is 0 Å². The van der Waals surface area contributed by atoms with Gasteiger partial charge in [-0.15, -0.1) is 0 Å². The Morgan fingerprint density at radius 2 is 1.86 bits per heavy atom. The second-order valence-corrected chi connectivity index (χ2v) is 10.7. The number of morpholine rings is 1. The van der Waals surface area contributed by atoms with E-state index in [0.717, 1.165) is 18.4 Å². The van der Waals surface area contributed by atoms with E-state index in [1.165, 1.54) is 12.3 Å². The molecule has 0 radical (unpaired) electrons. The highest BCUT2D eigenvalue weighted by Crippen LogP contribution is 2.33. The minimum Gasteiger partial charge on any atom is -0.426 e. The summed E-state index contributed by atoms with van der Waals surface area (Å²) in [5, 5.41) is 22.1. The molecule has 0 bridgehead atoms. The van der Waals surface area contributed by atoms with Crippen LogP contribution in [0.4, 0.5) is 5.82 Å². The lowest BCUT2D eigenvalue weighted by Gasteiger charge is -2.27. The van der Waals surface area contributed by atoms with Gasteiger partial charge in [0.2, 0.25) is 15.9 Å². The molecule has 188 valence electrons. The van der Waals surface area contributed by atoms with Crippen molar-refractivity contribution in [1.29, 1.82) is 0 Å². The molecule has 0 spiro atoms. The fourth-order valence-electron chi connectivity index (χ4n) is 4.06. The van der Waals surface area contributed by atoms with Gasteiger partial charge in [-0.2, -0.15) is 4.72 Å². The lowest BCUT2D eigenvalue weighted by molar-refractivity contribution is -0.123. The van der Waals surface area contributed by atoms with E-state index < -0.39 is 35.0 Å². The molecule has 2 heterocycles. The molecule has 2 aliphatic rings. The molecule has 1 aliphatic heterocycles. The zero-order valence-corrected chi connectivity index (χ0v) is 20.2. The van der Waals surface area contributed by atoms with E-state index in [4.69, 9.17) is 4.74 Å². The monoisotopic (exact) mass is 502 g/mol. The molecule has 35 heavy (non-hydrogen) atoms. The van der Waals surface area contributed by atoms with E-state index >= 15 is 0 Å². The molecule has 10 nitrogen and oxygen atoms in total. The minimum atomic E-state index is -4.08. The molecule has 1 aliphatic carbocycles. The molecule has 1 saturated carbocycles. The number of ether oxygens (including phenoxy) is 1. The van der Waals surface area contributed by atoms with Crippen molar-refractivity contribution in [2.75, 3.05) is 31.2 Å². The predicted molar refractivity (Wildman–Crippen MR) is 131 cm³/mol. The summed E-state index contributed by atoms with van der Waals surface area (Å²) in [5.74, 6) is -0.491. The number of nitrogens with zero attached hydrogens (tertiary/aromatic N) is 2. The topological polar surface area (TPSA) is 141 Å². The van der Waals surface area contributed by atoms with Gasteiger partial charge in [0.15, 0.2) is 0 Å². The molecule has 2 atom stereocenters. The van der Waals surface area contributed by atoms with Gasteiger partial charge in [0, 0.05) is 19.3 Å². The number of hydrogen-bond acceptors (Lipinski definition) is 8. The quantitative estimate of drug-likeness (QED) is 0.317. The lowest BCUT2D eigenvalue weighted by atomic mass is 9.76. The Morgan fingerprint density at radius 1 is 1.14 bits per heavy atom. The van der Waals surface area contributed by atoms with Gasteiger partial charge < -0.3 is 25.0 Å². The van der Waals surface area contributed by atoms with Crippen LogP contribution >= 0.6 is 0 Å². The van der Waals surface area contributed by atoms with E-state index in [9.17, 15) is 23.3 Å². The molecular weight excluding hydrogens is 471 g/mol. The van der Waals surface area contributed by atoms with Crippen LogP contribution in [-0.2, 0) is 26.0 Å². The van der Waals surface area contributed by atoms with Gasteiger partial charge in [-0.1, -0.05) is 43.2 Å². The molecule has 1 amide bonds. The van der Waals surface area contributed by atoms with Gasteiger partial charge in [0.1, 0.15) is 16.8 Å². The zero-order valence-electron chi connectivity index (χ0n) is 19.4. The summed E-state index contributed by atoms with van der Waals surface area (Å²) >= 11 is 0. The molecule has 2 fully saturated rings. The second kappa shape index (κ2) is 11.5. The SMILES string of the molecule is O=C(N[C@@H](CC1CC1)B(O)O)[C@H](Cc1ccccc1)NS(=O)(=O)c1ccc(N2CCOCC2)nc1. The number of nitrogens with one attached hydrogen (secondary N) is 2. The van der Waals surface area contributed by atoms with Crippen LogP contribution < -0.4 is 14.9 Å². The van der Waals surface area contributed by atoms with E-state index in [1.54, 1.807) is 30.3 Å². The predicted octanol–water partition coefficient (Wildman–Crippen LogP) is 0.105. The molecule has 1 saturated heterocycles. The average molecular weight is 502 g/mol. The van der Waals surface area contributed by atoms with Crippen LogP contribution in [-0.4, -0.2) is 74.8 Å². The average Bonchev–Trinajstić information content (AvgIpc) is 3.68. The highest BCUT2D eigenvalue weighted by molar-refractivity contribution is 7.89. The standard InChI is InChI=1S/C23H31BN4O6S/c29-23(26-21(24(30)31)15-18-6-7-18)20(14-17-4-2-1-3-5-17)27-35(32,33)19-8-9-22(25-16-19)28-10-12-34-13-11-28/h1-5,8-9,16,18,20-21,27,30-31H,6-7,10-15H2,(H,26,29)/t20-,21-/m0/s1. The molecule has 4 rings (SSSR count). The molecule has 2 aromatic rings. The third-order valence-electron chi connectivity index (χ3n) is 6.23. The van der Waals surface area contributed by atoms with Gasteiger partial charge in [-0.25, -0.2) is 13.4 Å². The van der Waals surface area contributed by atoms with Crippen LogP contribution in [0, 0.1) is 5.92 Å². The summed E-state index contributed by atoms with van der Waals surface area (Å²) in [6, 6.07) is 11.0. The number of benzene rings is 1. The van der Waals surface area contributed by atoms with Gasteiger partial charge in [-0.05, 0) is 36.5 Å². The van der Waals surface area contributed by atoms with Crippen LogP contribution in [0.5, 0.6) is 0 Å². The smallest absolute Gasteiger partial charge is 0.426 e. The maximum Gasteiger partial charge on any atom is 0.475 e. The number of aromatic nitrogens is 1. The Morgan fingerprint density at radius 3 is 2.46 bits per heavy atom. The third-order valence-corrected chi connectivity index (χ3v) is 7.69. The first-order valence-corrected chi connectivity index (χ1v) is 13.3. The minimum absolute atomic E-state index is 0.0582. The van der Waals surface area contributed by atoms with Gasteiger partial charge in [0.05, 0.1) is 19.2 Å². The van der Waals surface area contributed by atoms with Crippen molar-refractivity contribution in [2.24, 2.45) is 5.92 Å². The van der Waals surface area contributed by atoms with Gasteiger partial charge in [-0.3, -0.25) is 4.79 Å². The highest BCUT2D eigenvalue weighted by Gasteiger charge is 2.35. The number of rotatable bonds is 11. The number of pyridine rings is 1. The number of hydrogen-bond donors (Lipinski definition) is 4. The molecule has 1 aromatic heterocycles. The first-order chi connectivity index (χ1) is 16.8. The number of carbonyl (C=O) groups is 1. The van der Waals surface area contributed by atoms with Crippen LogP contribution in [0.25, 0.3) is 0 Å². The maximum atomic E-state index is 13.2. The number of sulfonamides is 1. The third kappa shape index (κ3) is 7.25. The highest BCUT2D eigenvalue weighted by atomic mass is 32.2. The fraction of sp³-hybridized carbons (Fsp3) is 0.478. The normalized spacial score (nSPS) is 18.1. The summed E-state index contributed by atoms with van der Waals surface area (Å²) in [5.41, 5.74) is 0.763. The maximum absolute atomic E-state index is 13.2. The van der Waals surface area contributed by atoms with E-state index in [2.05, 4.69) is 15.0 Å². The van der Waals surface area contributed by atoms with Crippen molar-refractivity contribution >= 4 is 28.9 Å². The zero-order chi connectivity index (χ0) is 24.8. The molecule has 4 N–H and O–H groups in total. The van der Waals surface area contributed by atoms with Crippen molar-refractivity contribution in [3.8, 4) is 0 Å². The van der Waals surface area contributed by atoms with Crippen molar-refractivity contribution in [1.82, 2.24) is 15.0 Å². The largest absolute Gasteiger partial charge is 0.475 e. The fourth-order valence-corrected chi connectivity index (χ4v) is 5.19. The van der Waals surface area contributed by atoms with Gasteiger partial charge >= 0.3 is 7.12 Å². The Balaban J connectivity index is 1.50. The Bertz CT molecular complexity index is 1080. The number of amides is 1. The van der Waals surface area contributed by atoms with Crippen LogP contribution in [0.2, 0.25) is 0 Å². The first kappa shape index (κ1) is 25.6. The summed E-state index contributed by atoms with van der Waals surface area (Å²) < 4.78 is 34.2. The van der Waals surface area contributed by atoms with Crippen LogP contribution in [0.15, 0.2) is 53.6 Å². The molecule has 12 heteroatoms. The summed E-state index contributed by atoms with van der Waals surface area (Å²) in [6.07, 6.45) is 3.77. The second-order valence-electron chi connectivity index (χ2n) is 9.02.